The lowest BCUT2D eigenvalue weighted by Crippen LogP contribution is -2.34. The van der Waals surface area contributed by atoms with Crippen LogP contribution in [0.5, 0.6) is 11.5 Å². The number of likely N-dealkylation sites (N-methyl/N-ethyl adjacent to an activating group) is 1. The second-order valence-electron chi connectivity index (χ2n) is 6.31. The molecule has 1 unspecified atom stereocenters. The first-order chi connectivity index (χ1) is 13.4. The molecule has 0 saturated heterocycles. The highest BCUT2D eigenvalue weighted by molar-refractivity contribution is 5.99. The summed E-state index contributed by atoms with van der Waals surface area (Å²) in [7, 11) is 5.21. The highest BCUT2D eigenvalue weighted by atomic mass is 16.6. The van der Waals surface area contributed by atoms with Crippen LogP contribution in [0.4, 0.5) is 5.69 Å². The predicted molar refractivity (Wildman–Crippen MR) is 106 cm³/mol. The van der Waals surface area contributed by atoms with Gasteiger partial charge in [-0.15, -0.1) is 0 Å². The minimum atomic E-state index is -0.603. The normalized spacial score (nSPS) is 11.8. The molecular weight excluding hydrogens is 362 g/mol. The molecule has 1 N–H and O–H groups in total. The van der Waals surface area contributed by atoms with E-state index in [9.17, 15) is 14.9 Å². The van der Waals surface area contributed by atoms with Crippen molar-refractivity contribution in [1.82, 2.24) is 10.2 Å². The molecule has 8 nitrogen and oxygen atoms in total. The summed E-state index contributed by atoms with van der Waals surface area (Å²) in [5, 5.41) is 14.3. The van der Waals surface area contributed by atoms with Crippen molar-refractivity contribution < 1.29 is 19.2 Å². The molecule has 0 aliphatic carbocycles. The van der Waals surface area contributed by atoms with E-state index in [2.05, 4.69) is 5.32 Å². The number of nitrogens with one attached hydrogen (secondary N) is 1. The van der Waals surface area contributed by atoms with E-state index in [4.69, 9.17) is 9.47 Å². The van der Waals surface area contributed by atoms with Crippen LogP contribution in [-0.2, 0) is 0 Å². The van der Waals surface area contributed by atoms with Crippen molar-refractivity contribution in [3.63, 3.8) is 0 Å². The minimum absolute atomic E-state index is 0.0696. The second-order valence-corrected chi connectivity index (χ2v) is 6.31. The maximum atomic E-state index is 12.8. The Hall–Kier alpha value is -3.13. The number of ether oxygens (including phenoxy) is 2. The molecule has 1 amide bonds. The molecule has 150 valence electrons. The van der Waals surface area contributed by atoms with Gasteiger partial charge in [0.2, 0.25) is 0 Å². The molecule has 0 spiro atoms. The van der Waals surface area contributed by atoms with E-state index in [0.717, 1.165) is 5.56 Å². The topological polar surface area (TPSA) is 93.9 Å². The van der Waals surface area contributed by atoms with Gasteiger partial charge in [-0.1, -0.05) is 30.3 Å². The first-order valence-corrected chi connectivity index (χ1v) is 8.87. The highest BCUT2D eigenvalue weighted by Crippen LogP contribution is 2.34. The lowest BCUT2D eigenvalue weighted by molar-refractivity contribution is -0.385. The second kappa shape index (κ2) is 9.70. The Morgan fingerprint density at radius 3 is 2.43 bits per heavy atom. The number of benzene rings is 2. The molecule has 0 aliphatic rings. The zero-order valence-corrected chi connectivity index (χ0v) is 16.5. The van der Waals surface area contributed by atoms with Crippen LogP contribution in [0.25, 0.3) is 0 Å². The van der Waals surface area contributed by atoms with Crippen molar-refractivity contribution in [2.75, 3.05) is 34.4 Å². The van der Waals surface area contributed by atoms with E-state index in [1.807, 2.05) is 49.3 Å². The molecule has 2 aromatic carbocycles. The van der Waals surface area contributed by atoms with E-state index < -0.39 is 10.8 Å². The Morgan fingerprint density at radius 1 is 1.21 bits per heavy atom. The lowest BCUT2D eigenvalue weighted by atomic mass is 10.1. The molecule has 2 aromatic rings. The quantitative estimate of drug-likeness (QED) is 0.525. The van der Waals surface area contributed by atoms with Crippen LogP contribution in [0, 0.1) is 10.1 Å². The SMILES string of the molecule is CCOc1cc(C(=O)NCC(c2ccccc2)N(C)C)c([N+](=O)[O-])cc1OC. The minimum Gasteiger partial charge on any atom is -0.493 e. The van der Waals surface area contributed by atoms with Crippen molar-refractivity contribution >= 4 is 11.6 Å². The highest BCUT2D eigenvalue weighted by Gasteiger charge is 2.25. The van der Waals surface area contributed by atoms with Gasteiger partial charge in [0.15, 0.2) is 11.5 Å². The number of hydrogen-bond acceptors (Lipinski definition) is 6. The number of carbonyl (C=O) groups is 1. The Labute approximate surface area is 164 Å². The van der Waals surface area contributed by atoms with Crippen LogP contribution in [0.1, 0.15) is 28.9 Å². The zero-order valence-electron chi connectivity index (χ0n) is 16.5. The van der Waals surface area contributed by atoms with Gasteiger partial charge in [0.25, 0.3) is 11.6 Å². The average molecular weight is 387 g/mol. The van der Waals surface area contributed by atoms with E-state index in [0.29, 0.717) is 13.2 Å². The molecule has 0 heterocycles. The Morgan fingerprint density at radius 2 is 1.89 bits per heavy atom. The molecule has 0 aromatic heterocycles. The molecular formula is C20H25N3O5. The van der Waals surface area contributed by atoms with E-state index in [1.165, 1.54) is 19.2 Å². The fraction of sp³-hybridized carbons (Fsp3) is 0.350. The van der Waals surface area contributed by atoms with Gasteiger partial charge >= 0.3 is 0 Å². The third-order valence-electron chi connectivity index (χ3n) is 4.29. The molecule has 0 radical (unpaired) electrons. The number of amides is 1. The van der Waals surface area contributed by atoms with Gasteiger partial charge in [-0.05, 0) is 26.6 Å². The summed E-state index contributed by atoms with van der Waals surface area (Å²) in [6.45, 7) is 2.41. The number of hydrogen-bond donors (Lipinski definition) is 1. The van der Waals surface area contributed by atoms with Gasteiger partial charge in [-0.25, -0.2) is 0 Å². The first kappa shape index (κ1) is 21.2. The zero-order chi connectivity index (χ0) is 20.7. The van der Waals surface area contributed by atoms with Crippen LogP contribution in [-0.4, -0.2) is 50.1 Å². The van der Waals surface area contributed by atoms with Crippen LogP contribution in [0.3, 0.4) is 0 Å². The van der Waals surface area contributed by atoms with Crippen LogP contribution >= 0.6 is 0 Å². The Kier molecular flexibility index (Phi) is 7.34. The maximum Gasteiger partial charge on any atom is 0.286 e. The molecule has 0 saturated carbocycles. The largest absolute Gasteiger partial charge is 0.493 e. The van der Waals surface area contributed by atoms with Gasteiger partial charge in [-0.3, -0.25) is 14.9 Å². The Bertz CT molecular complexity index is 824. The predicted octanol–water partition coefficient (Wildman–Crippen LogP) is 3.03. The molecule has 28 heavy (non-hydrogen) atoms. The monoisotopic (exact) mass is 387 g/mol. The number of nitro groups is 1. The van der Waals surface area contributed by atoms with Crippen molar-refractivity contribution in [1.29, 1.82) is 0 Å². The molecule has 8 heteroatoms. The molecule has 0 aliphatic heterocycles. The summed E-state index contributed by atoms with van der Waals surface area (Å²) in [5.41, 5.74) is 0.630. The summed E-state index contributed by atoms with van der Waals surface area (Å²) in [6, 6.07) is 12.2. The average Bonchev–Trinajstić information content (AvgIpc) is 2.68. The number of nitro benzene ring substituents is 1. The molecule has 1 atom stereocenters. The van der Waals surface area contributed by atoms with Gasteiger partial charge in [0.05, 0.1) is 30.7 Å². The third kappa shape index (κ3) is 4.98. The van der Waals surface area contributed by atoms with Crippen molar-refractivity contribution in [2.45, 2.75) is 13.0 Å². The fourth-order valence-corrected chi connectivity index (χ4v) is 2.87. The number of nitrogens with zero attached hydrogens (tertiary/aromatic N) is 2. The Balaban J connectivity index is 2.29. The van der Waals surface area contributed by atoms with Gasteiger partial charge in [-0.2, -0.15) is 0 Å². The van der Waals surface area contributed by atoms with Crippen LogP contribution in [0.15, 0.2) is 42.5 Å². The van der Waals surface area contributed by atoms with Crippen LogP contribution in [0.2, 0.25) is 0 Å². The fourth-order valence-electron chi connectivity index (χ4n) is 2.87. The first-order valence-electron chi connectivity index (χ1n) is 8.87. The van der Waals surface area contributed by atoms with Gasteiger partial charge in [0, 0.05) is 12.6 Å². The van der Waals surface area contributed by atoms with Crippen LogP contribution < -0.4 is 14.8 Å². The summed E-state index contributed by atoms with van der Waals surface area (Å²) in [5.74, 6) is -0.0494. The maximum absolute atomic E-state index is 12.8. The number of carbonyl (C=O) groups excluding carboxylic acids is 1. The number of methoxy groups -OCH3 is 1. The van der Waals surface area contributed by atoms with Crippen molar-refractivity contribution in [2.24, 2.45) is 0 Å². The van der Waals surface area contributed by atoms with Gasteiger partial charge < -0.3 is 19.7 Å². The van der Waals surface area contributed by atoms with E-state index in [1.54, 1.807) is 6.92 Å². The van der Waals surface area contributed by atoms with E-state index >= 15 is 0 Å². The molecule has 2 rings (SSSR count). The smallest absolute Gasteiger partial charge is 0.286 e. The lowest BCUT2D eigenvalue weighted by Gasteiger charge is -2.25. The van der Waals surface area contributed by atoms with Crippen molar-refractivity contribution in [3.8, 4) is 11.5 Å². The number of rotatable bonds is 9. The van der Waals surface area contributed by atoms with Crippen molar-refractivity contribution in [3.05, 3.63) is 63.7 Å². The van der Waals surface area contributed by atoms with E-state index in [-0.39, 0.29) is 28.8 Å². The molecule has 0 bridgehead atoms. The summed E-state index contributed by atoms with van der Waals surface area (Å²) < 4.78 is 10.6. The standard InChI is InChI=1S/C20H25N3O5/c1-5-28-19-11-15(16(23(25)26)12-18(19)27-4)20(24)21-13-17(22(2)3)14-9-7-6-8-10-14/h6-12,17H,5,13H2,1-4H3,(H,21,24). The summed E-state index contributed by atoms with van der Waals surface area (Å²) in [6.07, 6.45) is 0. The summed E-state index contributed by atoms with van der Waals surface area (Å²) >= 11 is 0. The third-order valence-corrected chi connectivity index (χ3v) is 4.29. The molecule has 0 fully saturated rings. The van der Waals surface area contributed by atoms with Gasteiger partial charge in [0.1, 0.15) is 5.56 Å². The summed E-state index contributed by atoms with van der Waals surface area (Å²) in [4.78, 5) is 25.6.